The Morgan fingerprint density at radius 3 is 2.10 bits per heavy atom. The number of hydrogen-bond acceptors (Lipinski definition) is 4. The van der Waals surface area contributed by atoms with Gasteiger partial charge in [-0.25, -0.2) is 0 Å². The molecule has 4 atom stereocenters. The van der Waals surface area contributed by atoms with Gasteiger partial charge >= 0.3 is 0 Å². The van der Waals surface area contributed by atoms with Gasteiger partial charge in [0.15, 0.2) is 0 Å². The summed E-state index contributed by atoms with van der Waals surface area (Å²) in [4.78, 5) is 14.9. The Labute approximate surface area is 242 Å². The average Bonchev–Trinajstić information content (AvgIpc) is 3.15. The van der Waals surface area contributed by atoms with Crippen molar-refractivity contribution in [3.05, 3.63) is 59.7 Å². The van der Waals surface area contributed by atoms with Crippen LogP contribution in [0.15, 0.2) is 48.5 Å². The quantitative estimate of drug-likeness (QED) is 0.189. The average molecular weight is 588 g/mol. The van der Waals surface area contributed by atoms with E-state index < -0.39 is 11.6 Å². The van der Waals surface area contributed by atoms with Gasteiger partial charge in [-0.2, -0.15) is 0 Å². The molecule has 0 spiro atoms. The number of nitrogens with zero attached hydrogens (tertiary/aromatic N) is 1. The third-order valence-electron chi connectivity index (χ3n) is 8.11. The standard InChI is InChI=1S/C31H48N3O2P3/c1-29(2,3)20-27(35)33-22-14-18-34(19-15-22)17-9-8-16-30(28(36)32-21-31(37,38)39)25-12-6-4-10-23(25)24-11-5-7-13-26(24)30/h4-7,10-13,22,28,32,36H,8-9,14-21,37-39H2,1-3H3,(H,33,35). The van der Waals surface area contributed by atoms with E-state index in [1.165, 1.54) is 22.3 Å². The molecule has 1 aliphatic heterocycles. The predicted octanol–water partition coefficient (Wildman–Crippen LogP) is 5.33. The molecule has 2 aromatic carbocycles. The van der Waals surface area contributed by atoms with E-state index in [1.54, 1.807) is 0 Å². The third kappa shape index (κ3) is 7.88. The summed E-state index contributed by atoms with van der Waals surface area (Å²) in [5.41, 5.74) is 4.45. The Bertz CT molecular complexity index is 1080. The van der Waals surface area contributed by atoms with E-state index in [4.69, 9.17) is 0 Å². The molecule has 3 N–H and O–H groups in total. The molecule has 1 fully saturated rings. The van der Waals surface area contributed by atoms with Gasteiger partial charge in [0.05, 0.1) is 5.41 Å². The fourth-order valence-electron chi connectivity index (χ4n) is 6.31. The van der Waals surface area contributed by atoms with Crippen LogP contribution >= 0.6 is 27.7 Å². The van der Waals surface area contributed by atoms with E-state index in [-0.39, 0.29) is 16.0 Å². The number of unbranched alkanes of at least 4 members (excludes halogenated alkanes) is 1. The van der Waals surface area contributed by atoms with Crippen LogP contribution < -0.4 is 10.6 Å². The number of piperidine rings is 1. The molecule has 0 saturated carbocycles. The van der Waals surface area contributed by atoms with Crippen molar-refractivity contribution in [2.45, 2.75) is 81.6 Å². The second-order valence-corrected chi connectivity index (χ2v) is 18.1. The lowest BCUT2D eigenvalue weighted by Gasteiger charge is -2.39. The molecule has 4 unspecified atom stereocenters. The zero-order valence-corrected chi connectivity index (χ0v) is 27.3. The topological polar surface area (TPSA) is 64.6 Å². The Morgan fingerprint density at radius 2 is 1.56 bits per heavy atom. The molecule has 4 rings (SSSR count). The molecule has 0 radical (unpaired) electrons. The zero-order chi connectivity index (χ0) is 28.3. The fraction of sp³-hybridized carbons (Fsp3) is 0.581. The highest BCUT2D eigenvalue weighted by Crippen LogP contribution is 2.53. The van der Waals surface area contributed by atoms with Crippen LogP contribution in [-0.2, 0) is 10.2 Å². The van der Waals surface area contributed by atoms with Crippen LogP contribution in [0.1, 0.15) is 70.4 Å². The monoisotopic (exact) mass is 587 g/mol. The number of hydrogen-bond donors (Lipinski definition) is 3. The van der Waals surface area contributed by atoms with Gasteiger partial charge in [-0.15, -0.1) is 27.7 Å². The van der Waals surface area contributed by atoms with E-state index in [9.17, 15) is 9.90 Å². The van der Waals surface area contributed by atoms with E-state index in [0.717, 1.165) is 51.7 Å². The number of nitrogens with one attached hydrogen (secondary N) is 2. The zero-order valence-electron chi connectivity index (χ0n) is 23.9. The second kappa shape index (κ2) is 12.9. The minimum atomic E-state index is -0.698. The highest BCUT2D eigenvalue weighted by molar-refractivity contribution is 7.57. The van der Waals surface area contributed by atoms with Crippen LogP contribution in [0.4, 0.5) is 0 Å². The number of likely N-dealkylation sites (tertiary alicyclic amines) is 1. The third-order valence-corrected chi connectivity index (χ3v) is 8.73. The maximum absolute atomic E-state index is 12.4. The summed E-state index contributed by atoms with van der Waals surface area (Å²) in [7, 11) is 8.43. The number of carbonyl (C=O) groups excluding carboxylic acids is 1. The van der Waals surface area contributed by atoms with Crippen LogP contribution in [0.25, 0.3) is 11.1 Å². The molecule has 1 aliphatic carbocycles. The summed E-state index contributed by atoms with van der Waals surface area (Å²) in [6, 6.07) is 17.5. The lowest BCUT2D eigenvalue weighted by Crippen LogP contribution is -2.50. The van der Waals surface area contributed by atoms with Crippen molar-refractivity contribution in [3.8, 4) is 11.1 Å². The molecule has 0 bridgehead atoms. The van der Waals surface area contributed by atoms with Gasteiger partial charge in [-0.1, -0.05) is 75.7 Å². The molecule has 5 nitrogen and oxygen atoms in total. The number of aliphatic hydroxyl groups excluding tert-OH is 1. The summed E-state index contributed by atoms with van der Waals surface area (Å²) in [6.07, 6.45) is 4.91. The number of benzene rings is 2. The van der Waals surface area contributed by atoms with Gasteiger partial charge in [-0.05, 0) is 59.9 Å². The van der Waals surface area contributed by atoms with Crippen LogP contribution in [0.5, 0.6) is 0 Å². The summed E-state index contributed by atoms with van der Waals surface area (Å²) in [5.74, 6) is 0.179. The van der Waals surface area contributed by atoms with Gasteiger partial charge in [0.25, 0.3) is 0 Å². The Kier molecular flexibility index (Phi) is 10.3. The number of amides is 1. The Balaban J connectivity index is 1.39. The smallest absolute Gasteiger partial charge is 0.220 e. The molecule has 0 aromatic heterocycles. The predicted molar refractivity (Wildman–Crippen MR) is 174 cm³/mol. The summed E-state index contributed by atoms with van der Waals surface area (Å²) < 4.78 is -0.169. The second-order valence-electron chi connectivity index (χ2n) is 12.8. The Hall–Kier alpha value is -0.920. The number of carbonyl (C=O) groups is 1. The lowest BCUT2D eigenvalue weighted by atomic mass is 9.72. The summed E-state index contributed by atoms with van der Waals surface area (Å²) >= 11 is 0. The van der Waals surface area contributed by atoms with Crippen molar-refractivity contribution < 1.29 is 9.90 Å². The minimum Gasteiger partial charge on any atom is -0.377 e. The SMILES string of the molecule is CC(C)(C)CC(=O)NC1CCN(CCCCC2(C(O)NCC(P)(P)P)c3ccccc3-c3ccccc32)CC1. The molecular formula is C31H48N3O2P3. The summed E-state index contributed by atoms with van der Waals surface area (Å²) in [5, 5.41) is 18.5. The molecule has 2 aromatic rings. The van der Waals surface area contributed by atoms with E-state index in [1.807, 2.05) is 0 Å². The van der Waals surface area contributed by atoms with E-state index in [2.05, 4.69) is 113 Å². The highest BCUT2D eigenvalue weighted by Gasteiger charge is 2.48. The van der Waals surface area contributed by atoms with Gasteiger partial charge in [0.1, 0.15) is 6.23 Å². The molecule has 214 valence electrons. The van der Waals surface area contributed by atoms with Gasteiger partial charge in [-0.3, -0.25) is 10.1 Å². The van der Waals surface area contributed by atoms with Gasteiger partial charge in [0, 0.05) is 36.7 Å². The highest BCUT2D eigenvalue weighted by atomic mass is 31.1. The van der Waals surface area contributed by atoms with Crippen LogP contribution in [0.3, 0.4) is 0 Å². The molecular weight excluding hydrogens is 539 g/mol. The van der Waals surface area contributed by atoms with Crippen molar-refractivity contribution in [1.82, 2.24) is 15.5 Å². The number of rotatable bonds is 11. The van der Waals surface area contributed by atoms with Crippen molar-refractivity contribution in [3.63, 3.8) is 0 Å². The van der Waals surface area contributed by atoms with Crippen LogP contribution in [0, 0.1) is 5.41 Å². The summed E-state index contributed by atoms with van der Waals surface area (Å²) in [6.45, 7) is 10.1. The Morgan fingerprint density at radius 1 is 1.00 bits per heavy atom. The van der Waals surface area contributed by atoms with E-state index in [0.29, 0.717) is 19.0 Å². The molecule has 1 saturated heterocycles. The molecule has 8 heteroatoms. The molecule has 2 aliphatic rings. The first kappa shape index (κ1) is 31.0. The van der Waals surface area contributed by atoms with Crippen LogP contribution in [-0.4, -0.2) is 59.0 Å². The number of aliphatic hydroxyl groups is 1. The first-order valence-electron chi connectivity index (χ1n) is 14.4. The lowest BCUT2D eigenvalue weighted by molar-refractivity contribution is -0.123. The molecule has 1 heterocycles. The fourth-order valence-corrected chi connectivity index (χ4v) is 6.66. The van der Waals surface area contributed by atoms with Crippen molar-refractivity contribution >= 4 is 33.6 Å². The van der Waals surface area contributed by atoms with Crippen LogP contribution in [0.2, 0.25) is 0 Å². The minimum absolute atomic E-state index is 0.0230. The van der Waals surface area contributed by atoms with Crippen molar-refractivity contribution in [2.75, 3.05) is 26.2 Å². The first-order chi connectivity index (χ1) is 18.4. The van der Waals surface area contributed by atoms with Gasteiger partial charge < -0.3 is 15.3 Å². The maximum Gasteiger partial charge on any atom is 0.220 e. The van der Waals surface area contributed by atoms with E-state index >= 15 is 0 Å². The molecule has 39 heavy (non-hydrogen) atoms. The normalized spacial score (nSPS) is 18.4. The first-order valence-corrected chi connectivity index (χ1v) is 16.1. The van der Waals surface area contributed by atoms with Gasteiger partial charge in [0.2, 0.25) is 5.91 Å². The maximum atomic E-state index is 12.4. The number of fused-ring (bicyclic) bond motifs is 3. The molecule has 1 amide bonds. The van der Waals surface area contributed by atoms with Crippen molar-refractivity contribution in [2.24, 2.45) is 5.41 Å². The van der Waals surface area contributed by atoms with Crippen molar-refractivity contribution in [1.29, 1.82) is 0 Å². The largest absolute Gasteiger partial charge is 0.377 e.